The quantitative estimate of drug-likeness (QED) is 0.734. The molecule has 0 atom stereocenters. The van der Waals surface area contributed by atoms with E-state index < -0.39 is 0 Å². The highest BCUT2D eigenvalue weighted by molar-refractivity contribution is 6.31. The molecule has 94 valence electrons. The number of hydrogen-bond acceptors (Lipinski definition) is 2. The predicted molar refractivity (Wildman–Crippen MR) is 76.3 cm³/mol. The second-order valence-corrected chi connectivity index (χ2v) is 5.02. The minimum absolute atomic E-state index is 0.106. The highest BCUT2D eigenvalue weighted by atomic mass is 35.5. The molecule has 0 saturated heterocycles. The molecular formula is C16H12ClNO. The minimum Gasteiger partial charge on any atom is -0.289 e. The Labute approximate surface area is 116 Å². The molecule has 0 amide bonds. The summed E-state index contributed by atoms with van der Waals surface area (Å²) in [5, 5.41) is 0.688. The average Bonchev–Trinajstić information content (AvgIpc) is 2.43. The van der Waals surface area contributed by atoms with Gasteiger partial charge in [-0.25, -0.2) is 0 Å². The van der Waals surface area contributed by atoms with Crippen molar-refractivity contribution in [3.05, 3.63) is 70.0 Å². The Bertz CT molecular complexity index is 662. The number of allylic oxidation sites excluding steroid dienone is 1. The lowest BCUT2D eigenvalue weighted by molar-refractivity contribution is 0.102. The van der Waals surface area contributed by atoms with Crippen LogP contribution in [0.25, 0.3) is 6.08 Å². The van der Waals surface area contributed by atoms with Crippen LogP contribution in [-0.2, 0) is 6.42 Å². The Morgan fingerprint density at radius 3 is 2.68 bits per heavy atom. The molecule has 19 heavy (non-hydrogen) atoms. The molecule has 0 N–H and O–H groups in total. The lowest BCUT2D eigenvalue weighted by atomic mass is 9.86. The van der Waals surface area contributed by atoms with E-state index in [1.165, 1.54) is 0 Å². The summed E-state index contributed by atoms with van der Waals surface area (Å²) in [5.41, 5.74) is 3.68. The second-order valence-electron chi connectivity index (χ2n) is 4.58. The molecule has 0 aliphatic heterocycles. The number of rotatable bonds is 1. The molecule has 0 fully saturated rings. The van der Waals surface area contributed by atoms with Crippen LogP contribution in [0.2, 0.25) is 5.02 Å². The molecule has 2 aromatic rings. The number of pyridine rings is 1. The van der Waals surface area contributed by atoms with Crippen LogP contribution in [0, 0.1) is 0 Å². The van der Waals surface area contributed by atoms with Gasteiger partial charge in [0.25, 0.3) is 0 Å². The minimum atomic E-state index is 0.106. The van der Waals surface area contributed by atoms with Gasteiger partial charge in [0.2, 0.25) is 0 Å². The van der Waals surface area contributed by atoms with Crippen LogP contribution in [0.3, 0.4) is 0 Å². The fourth-order valence-electron chi connectivity index (χ4n) is 2.35. The summed E-state index contributed by atoms with van der Waals surface area (Å²) in [6.45, 7) is 0. The fraction of sp³-hybridized carbons (Fsp3) is 0.125. The number of Topliss-reactive ketones (excluding diaryl/α,β-unsaturated/α-hetero) is 1. The van der Waals surface area contributed by atoms with Crippen molar-refractivity contribution in [1.82, 2.24) is 4.98 Å². The normalized spacial score (nSPS) is 16.5. The zero-order chi connectivity index (χ0) is 13.2. The Morgan fingerprint density at radius 1 is 1.11 bits per heavy atom. The third-order valence-corrected chi connectivity index (χ3v) is 3.55. The van der Waals surface area contributed by atoms with Crippen molar-refractivity contribution in [1.29, 1.82) is 0 Å². The van der Waals surface area contributed by atoms with Gasteiger partial charge in [-0.2, -0.15) is 0 Å². The first kappa shape index (κ1) is 12.1. The number of aromatic nitrogens is 1. The SMILES string of the molecule is O=C1/C(=C/c2ccncc2)CCc2cc(Cl)ccc21. The number of hydrogen-bond donors (Lipinski definition) is 0. The van der Waals surface area contributed by atoms with E-state index >= 15 is 0 Å². The molecule has 0 radical (unpaired) electrons. The number of fused-ring (bicyclic) bond motifs is 1. The van der Waals surface area contributed by atoms with Crippen LogP contribution >= 0.6 is 11.6 Å². The molecule has 1 heterocycles. The molecule has 1 aliphatic carbocycles. The zero-order valence-corrected chi connectivity index (χ0v) is 11.0. The summed E-state index contributed by atoms with van der Waals surface area (Å²) in [6, 6.07) is 9.28. The molecule has 0 spiro atoms. The van der Waals surface area contributed by atoms with E-state index in [9.17, 15) is 4.79 Å². The summed E-state index contributed by atoms with van der Waals surface area (Å²) in [6.07, 6.45) is 7.02. The summed E-state index contributed by atoms with van der Waals surface area (Å²) in [4.78, 5) is 16.4. The van der Waals surface area contributed by atoms with Crippen LogP contribution in [0.5, 0.6) is 0 Å². The van der Waals surface area contributed by atoms with Crippen LogP contribution in [0.15, 0.2) is 48.3 Å². The van der Waals surface area contributed by atoms with Gasteiger partial charge in [0, 0.05) is 28.6 Å². The van der Waals surface area contributed by atoms with E-state index in [-0.39, 0.29) is 5.78 Å². The maximum absolute atomic E-state index is 12.4. The van der Waals surface area contributed by atoms with Crippen LogP contribution in [0.1, 0.15) is 27.9 Å². The monoisotopic (exact) mass is 269 g/mol. The van der Waals surface area contributed by atoms with Gasteiger partial charge >= 0.3 is 0 Å². The first-order chi connectivity index (χ1) is 9.24. The van der Waals surface area contributed by atoms with Gasteiger partial charge in [-0.15, -0.1) is 0 Å². The molecular weight excluding hydrogens is 258 g/mol. The summed E-state index contributed by atoms with van der Waals surface area (Å²) < 4.78 is 0. The number of halogens is 1. The standard InChI is InChI=1S/C16H12ClNO/c17-14-3-4-15-12(10-14)1-2-13(16(15)19)9-11-5-7-18-8-6-11/h3-10H,1-2H2/b13-9+. The van der Waals surface area contributed by atoms with Crippen LogP contribution in [-0.4, -0.2) is 10.8 Å². The van der Waals surface area contributed by atoms with Gasteiger partial charge in [-0.1, -0.05) is 11.6 Å². The Balaban J connectivity index is 1.98. The molecule has 3 rings (SSSR count). The van der Waals surface area contributed by atoms with Crippen LogP contribution < -0.4 is 0 Å². The summed E-state index contributed by atoms with van der Waals surface area (Å²) in [7, 11) is 0. The molecule has 1 aromatic heterocycles. The van der Waals surface area contributed by atoms with Crippen molar-refractivity contribution < 1.29 is 4.79 Å². The number of aryl methyl sites for hydroxylation is 1. The molecule has 1 aliphatic rings. The van der Waals surface area contributed by atoms with Crippen molar-refractivity contribution in [2.45, 2.75) is 12.8 Å². The average molecular weight is 270 g/mol. The van der Waals surface area contributed by atoms with Crippen molar-refractivity contribution in [2.24, 2.45) is 0 Å². The van der Waals surface area contributed by atoms with E-state index in [2.05, 4.69) is 4.98 Å². The lowest BCUT2D eigenvalue weighted by Crippen LogP contribution is -2.13. The van der Waals surface area contributed by atoms with Gasteiger partial charge in [0.05, 0.1) is 0 Å². The van der Waals surface area contributed by atoms with E-state index in [1.54, 1.807) is 18.5 Å². The smallest absolute Gasteiger partial charge is 0.189 e. The zero-order valence-electron chi connectivity index (χ0n) is 10.3. The lowest BCUT2D eigenvalue weighted by Gasteiger charge is -2.17. The number of nitrogens with zero attached hydrogens (tertiary/aromatic N) is 1. The molecule has 3 heteroatoms. The molecule has 0 unspecified atom stereocenters. The Morgan fingerprint density at radius 2 is 1.89 bits per heavy atom. The Kier molecular flexibility index (Phi) is 3.18. The first-order valence-corrected chi connectivity index (χ1v) is 6.55. The Hall–Kier alpha value is -1.93. The van der Waals surface area contributed by atoms with E-state index in [4.69, 9.17) is 11.6 Å². The fourth-order valence-corrected chi connectivity index (χ4v) is 2.54. The van der Waals surface area contributed by atoms with Crippen molar-refractivity contribution in [2.75, 3.05) is 0 Å². The maximum atomic E-state index is 12.4. The van der Waals surface area contributed by atoms with Crippen LogP contribution in [0.4, 0.5) is 0 Å². The maximum Gasteiger partial charge on any atom is 0.189 e. The van der Waals surface area contributed by atoms with Crippen molar-refractivity contribution in [3.63, 3.8) is 0 Å². The van der Waals surface area contributed by atoms with Crippen molar-refractivity contribution in [3.8, 4) is 0 Å². The first-order valence-electron chi connectivity index (χ1n) is 6.18. The molecule has 0 saturated carbocycles. The second kappa shape index (κ2) is 4.98. The van der Waals surface area contributed by atoms with Gasteiger partial charge < -0.3 is 0 Å². The summed E-state index contributed by atoms with van der Waals surface area (Å²) >= 11 is 5.96. The molecule has 0 bridgehead atoms. The molecule has 2 nitrogen and oxygen atoms in total. The topological polar surface area (TPSA) is 30.0 Å². The van der Waals surface area contributed by atoms with Crippen molar-refractivity contribution >= 4 is 23.5 Å². The highest BCUT2D eigenvalue weighted by Gasteiger charge is 2.21. The van der Waals surface area contributed by atoms with E-state index in [0.29, 0.717) is 5.02 Å². The van der Waals surface area contributed by atoms with Gasteiger partial charge in [-0.3, -0.25) is 9.78 Å². The van der Waals surface area contributed by atoms with Gasteiger partial charge in [0.1, 0.15) is 0 Å². The number of carbonyl (C=O) groups excluding carboxylic acids is 1. The van der Waals surface area contributed by atoms with E-state index in [0.717, 1.165) is 35.1 Å². The highest BCUT2D eigenvalue weighted by Crippen LogP contribution is 2.28. The number of benzene rings is 1. The predicted octanol–water partition coefficient (Wildman–Crippen LogP) is 3.95. The largest absolute Gasteiger partial charge is 0.289 e. The summed E-state index contributed by atoms with van der Waals surface area (Å²) in [5.74, 6) is 0.106. The molecule has 1 aromatic carbocycles. The third kappa shape index (κ3) is 2.45. The van der Waals surface area contributed by atoms with E-state index in [1.807, 2.05) is 30.3 Å². The third-order valence-electron chi connectivity index (χ3n) is 3.31. The van der Waals surface area contributed by atoms with Gasteiger partial charge in [-0.05, 0) is 60.4 Å². The number of carbonyl (C=O) groups is 1. The van der Waals surface area contributed by atoms with Gasteiger partial charge in [0.15, 0.2) is 5.78 Å². The number of ketones is 1.